The Bertz CT molecular complexity index is 350. The summed E-state index contributed by atoms with van der Waals surface area (Å²) >= 11 is 0. The molecule has 0 fully saturated rings. The Labute approximate surface area is 117 Å². The molecule has 0 saturated carbocycles. The molecule has 1 aromatic carbocycles. The predicted octanol–water partition coefficient (Wildman–Crippen LogP) is 3.08. The molecule has 0 bridgehead atoms. The number of nitrogens with zero attached hydrogens (tertiary/aromatic N) is 1. The van der Waals surface area contributed by atoms with Crippen molar-refractivity contribution in [1.82, 2.24) is 10.2 Å². The van der Waals surface area contributed by atoms with E-state index >= 15 is 0 Å². The number of nitrogens with one attached hydrogen (secondary N) is 1. The second-order valence-electron chi connectivity index (χ2n) is 4.90. The lowest BCUT2D eigenvalue weighted by Crippen LogP contribution is -2.35. The van der Waals surface area contributed by atoms with Gasteiger partial charge in [0.05, 0.1) is 0 Å². The van der Waals surface area contributed by atoms with Crippen molar-refractivity contribution in [3.05, 3.63) is 35.6 Å². The summed E-state index contributed by atoms with van der Waals surface area (Å²) < 4.78 is 13.2. The fourth-order valence-corrected chi connectivity index (χ4v) is 2.39. The van der Waals surface area contributed by atoms with Crippen molar-refractivity contribution in [3.8, 4) is 0 Å². The van der Waals surface area contributed by atoms with Crippen LogP contribution < -0.4 is 5.32 Å². The van der Waals surface area contributed by atoms with Crippen LogP contribution >= 0.6 is 0 Å². The quantitative estimate of drug-likeness (QED) is 0.739. The molecule has 1 aromatic rings. The van der Waals surface area contributed by atoms with Crippen molar-refractivity contribution in [3.63, 3.8) is 0 Å². The first kappa shape index (κ1) is 16.1. The van der Waals surface area contributed by atoms with E-state index in [1.807, 2.05) is 6.07 Å². The van der Waals surface area contributed by atoms with E-state index in [9.17, 15) is 4.39 Å². The van der Waals surface area contributed by atoms with Gasteiger partial charge in [0, 0.05) is 6.04 Å². The van der Waals surface area contributed by atoms with Gasteiger partial charge >= 0.3 is 0 Å². The molecule has 0 aromatic heterocycles. The molecule has 0 radical (unpaired) electrons. The predicted molar refractivity (Wildman–Crippen MR) is 80.0 cm³/mol. The second kappa shape index (κ2) is 9.05. The van der Waals surface area contributed by atoms with Crippen molar-refractivity contribution in [1.29, 1.82) is 0 Å². The van der Waals surface area contributed by atoms with Gasteiger partial charge in [-0.2, -0.15) is 0 Å². The fourth-order valence-electron chi connectivity index (χ4n) is 2.39. The Kier molecular flexibility index (Phi) is 7.68. The van der Waals surface area contributed by atoms with E-state index in [2.05, 4.69) is 31.0 Å². The van der Waals surface area contributed by atoms with Crippen molar-refractivity contribution in [2.45, 2.75) is 39.7 Å². The molecule has 1 rings (SSSR count). The van der Waals surface area contributed by atoms with Crippen LogP contribution in [0.5, 0.6) is 0 Å². The number of benzene rings is 1. The Hall–Kier alpha value is -0.930. The standard InChI is InChI=1S/C16H27FN2/c1-4-18-16(10-11-19(5-2)6-3)13-14-8-7-9-15(17)12-14/h7-9,12,16,18H,4-6,10-11,13H2,1-3H3. The highest BCUT2D eigenvalue weighted by atomic mass is 19.1. The molecule has 0 aliphatic rings. The molecule has 0 aliphatic heterocycles. The molecule has 3 heteroatoms. The maximum atomic E-state index is 13.2. The number of hydrogen-bond donors (Lipinski definition) is 1. The van der Waals surface area contributed by atoms with Crippen molar-refractivity contribution in [2.24, 2.45) is 0 Å². The molecular weight excluding hydrogens is 239 g/mol. The average Bonchev–Trinajstić information content (AvgIpc) is 2.40. The van der Waals surface area contributed by atoms with Crippen LogP contribution in [0, 0.1) is 5.82 Å². The van der Waals surface area contributed by atoms with Gasteiger partial charge < -0.3 is 10.2 Å². The van der Waals surface area contributed by atoms with Gasteiger partial charge in [-0.3, -0.25) is 0 Å². The summed E-state index contributed by atoms with van der Waals surface area (Å²) in [4.78, 5) is 2.43. The molecule has 0 heterocycles. The minimum Gasteiger partial charge on any atom is -0.314 e. The molecule has 19 heavy (non-hydrogen) atoms. The van der Waals surface area contributed by atoms with Crippen LogP contribution in [-0.4, -0.2) is 37.1 Å². The molecule has 0 amide bonds. The lowest BCUT2D eigenvalue weighted by molar-refractivity contribution is 0.281. The highest BCUT2D eigenvalue weighted by Crippen LogP contribution is 2.09. The lowest BCUT2D eigenvalue weighted by Gasteiger charge is -2.23. The Balaban J connectivity index is 2.52. The zero-order chi connectivity index (χ0) is 14.1. The van der Waals surface area contributed by atoms with E-state index < -0.39 is 0 Å². The van der Waals surface area contributed by atoms with Crippen molar-refractivity contribution >= 4 is 0 Å². The number of likely N-dealkylation sites (N-methyl/N-ethyl adjacent to an activating group) is 1. The van der Waals surface area contributed by atoms with E-state index in [4.69, 9.17) is 0 Å². The van der Waals surface area contributed by atoms with Gasteiger partial charge in [0.2, 0.25) is 0 Å². The zero-order valence-corrected chi connectivity index (χ0v) is 12.5. The summed E-state index contributed by atoms with van der Waals surface area (Å²) in [6, 6.07) is 7.36. The van der Waals surface area contributed by atoms with Crippen LogP contribution in [0.25, 0.3) is 0 Å². The van der Waals surface area contributed by atoms with E-state index in [1.54, 1.807) is 12.1 Å². The van der Waals surface area contributed by atoms with Crippen molar-refractivity contribution in [2.75, 3.05) is 26.2 Å². The summed E-state index contributed by atoms with van der Waals surface area (Å²) in [5.74, 6) is -0.142. The SMILES string of the molecule is CCNC(CCN(CC)CC)Cc1cccc(F)c1. The van der Waals surface area contributed by atoms with Gasteiger partial charge in [0.15, 0.2) is 0 Å². The summed E-state index contributed by atoms with van der Waals surface area (Å²) in [6.07, 6.45) is 2.00. The van der Waals surface area contributed by atoms with Gasteiger partial charge in [-0.05, 0) is 56.7 Å². The summed E-state index contributed by atoms with van der Waals surface area (Å²) in [6.45, 7) is 10.7. The first-order valence-electron chi connectivity index (χ1n) is 7.39. The molecule has 0 saturated heterocycles. The van der Waals surface area contributed by atoms with Gasteiger partial charge in [-0.15, -0.1) is 0 Å². The van der Waals surface area contributed by atoms with E-state index in [1.165, 1.54) is 6.07 Å². The number of hydrogen-bond acceptors (Lipinski definition) is 2. The minimum absolute atomic E-state index is 0.142. The molecule has 0 aliphatic carbocycles. The highest BCUT2D eigenvalue weighted by molar-refractivity contribution is 5.17. The third-order valence-corrected chi connectivity index (χ3v) is 3.55. The molecule has 1 N–H and O–H groups in total. The largest absolute Gasteiger partial charge is 0.314 e. The van der Waals surface area contributed by atoms with Crippen LogP contribution in [0.1, 0.15) is 32.8 Å². The monoisotopic (exact) mass is 266 g/mol. The summed E-state index contributed by atoms with van der Waals surface area (Å²) in [7, 11) is 0. The topological polar surface area (TPSA) is 15.3 Å². The maximum Gasteiger partial charge on any atom is 0.123 e. The Morgan fingerprint density at radius 2 is 1.95 bits per heavy atom. The smallest absolute Gasteiger partial charge is 0.123 e. The first-order valence-corrected chi connectivity index (χ1v) is 7.39. The Morgan fingerprint density at radius 3 is 2.53 bits per heavy atom. The van der Waals surface area contributed by atoms with Crippen LogP contribution in [0.2, 0.25) is 0 Å². The van der Waals surface area contributed by atoms with Gasteiger partial charge in [-0.1, -0.05) is 32.9 Å². The third-order valence-electron chi connectivity index (χ3n) is 3.55. The molecular formula is C16H27FN2. The van der Waals surface area contributed by atoms with Gasteiger partial charge in [0.1, 0.15) is 5.82 Å². The molecule has 2 nitrogen and oxygen atoms in total. The van der Waals surface area contributed by atoms with E-state index in [0.717, 1.165) is 44.6 Å². The fraction of sp³-hybridized carbons (Fsp3) is 0.625. The normalized spacial score (nSPS) is 12.9. The molecule has 0 spiro atoms. The van der Waals surface area contributed by atoms with Gasteiger partial charge in [-0.25, -0.2) is 4.39 Å². The summed E-state index contributed by atoms with van der Waals surface area (Å²) in [5, 5.41) is 3.50. The van der Waals surface area contributed by atoms with Crippen LogP contribution in [0.15, 0.2) is 24.3 Å². The van der Waals surface area contributed by atoms with E-state index in [-0.39, 0.29) is 5.82 Å². The van der Waals surface area contributed by atoms with Crippen LogP contribution in [0.3, 0.4) is 0 Å². The lowest BCUT2D eigenvalue weighted by atomic mass is 10.0. The average molecular weight is 266 g/mol. The van der Waals surface area contributed by atoms with Crippen molar-refractivity contribution < 1.29 is 4.39 Å². The molecule has 108 valence electrons. The van der Waals surface area contributed by atoms with Crippen LogP contribution in [0.4, 0.5) is 4.39 Å². The zero-order valence-electron chi connectivity index (χ0n) is 12.5. The molecule has 1 unspecified atom stereocenters. The van der Waals surface area contributed by atoms with Gasteiger partial charge in [0.25, 0.3) is 0 Å². The van der Waals surface area contributed by atoms with Crippen LogP contribution in [-0.2, 0) is 6.42 Å². The second-order valence-corrected chi connectivity index (χ2v) is 4.90. The van der Waals surface area contributed by atoms with E-state index in [0.29, 0.717) is 6.04 Å². The maximum absolute atomic E-state index is 13.2. The number of halogens is 1. The summed E-state index contributed by atoms with van der Waals surface area (Å²) in [5.41, 5.74) is 1.07. The highest BCUT2D eigenvalue weighted by Gasteiger charge is 2.10. The Morgan fingerprint density at radius 1 is 1.21 bits per heavy atom. The minimum atomic E-state index is -0.142. The third kappa shape index (κ3) is 6.17. The first-order chi connectivity index (χ1) is 9.19. The number of rotatable bonds is 9. The molecule has 1 atom stereocenters.